The molecule has 4 unspecified atom stereocenters. The van der Waals surface area contributed by atoms with E-state index in [1.54, 1.807) is 6.92 Å². The molecule has 4 atom stereocenters. The topological polar surface area (TPSA) is 86.2 Å². The van der Waals surface area contributed by atoms with Gasteiger partial charge in [-0.2, -0.15) is 0 Å². The zero-order valence-corrected chi connectivity index (χ0v) is 26.3. The van der Waals surface area contributed by atoms with Crippen molar-refractivity contribution in [3.05, 3.63) is 0 Å². The molecule has 1 aliphatic heterocycles. The number of nitrogens with one attached hydrogen (secondary N) is 2. The molecule has 0 aromatic heterocycles. The molecule has 234 valence electrons. The van der Waals surface area contributed by atoms with E-state index in [1.807, 2.05) is 13.8 Å². The molecule has 1 aliphatic rings. The molecule has 0 aromatic carbocycles. The number of rotatable bonds is 24. The van der Waals surface area contributed by atoms with Crippen LogP contribution in [-0.4, -0.2) is 61.4 Å². The number of halogens is 1. The maximum atomic E-state index is 12.5. The summed E-state index contributed by atoms with van der Waals surface area (Å²) in [5.41, 5.74) is 4.90. The number of hydrogen-bond acceptors (Lipinski definition) is 7. The standard InChI is InChI=1S/C23H51N3O2.C5H8BFO2.C2H6/c1-3-4-5-6-7-8-9-10-11-12-13-14-15-16-17-18-19-20-21-22-23-26(27)24-25-28-2;1-2-4(8)3(7)5(6)9-2;1-2/h24-25,27H,3-23H2,1-2H3;2-5,8H,1H3;1-2H3. The van der Waals surface area contributed by atoms with Gasteiger partial charge in [-0.3, -0.25) is 10.0 Å². The SMILES string of the molecule is CC.CCCCCCCCCCCCCCCCCCCCCCN(O)NNOC.[B]C1OC(C)C(O)C1F. The number of hydrogen-bond donors (Lipinski definition) is 4. The van der Waals surface area contributed by atoms with Crippen molar-refractivity contribution in [1.82, 2.24) is 16.3 Å². The van der Waals surface area contributed by atoms with Crippen LogP contribution in [0.5, 0.6) is 0 Å². The number of aliphatic hydroxyl groups excluding tert-OH is 1. The normalized spacial score (nSPS) is 20.4. The van der Waals surface area contributed by atoms with Gasteiger partial charge in [0.25, 0.3) is 0 Å². The van der Waals surface area contributed by atoms with E-state index in [9.17, 15) is 9.60 Å². The lowest BCUT2D eigenvalue weighted by Gasteiger charge is -2.14. The van der Waals surface area contributed by atoms with Crippen molar-refractivity contribution in [3.63, 3.8) is 0 Å². The fourth-order valence-corrected chi connectivity index (χ4v) is 4.53. The summed E-state index contributed by atoms with van der Waals surface area (Å²) in [4.78, 5) is 4.60. The third-order valence-corrected chi connectivity index (χ3v) is 6.99. The van der Waals surface area contributed by atoms with Gasteiger partial charge in [0.1, 0.15) is 20.1 Å². The summed E-state index contributed by atoms with van der Waals surface area (Å²) in [5, 5.41) is 19.3. The molecule has 7 nitrogen and oxygen atoms in total. The summed E-state index contributed by atoms with van der Waals surface area (Å²) in [6, 6.07) is -0.949. The van der Waals surface area contributed by atoms with Crippen LogP contribution < -0.4 is 11.1 Å². The van der Waals surface area contributed by atoms with Crippen LogP contribution >= 0.6 is 0 Å². The van der Waals surface area contributed by atoms with Crippen molar-refractivity contribution in [2.24, 2.45) is 0 Å². The molecule has 0 amide bonds. The van der Waals surface area contributed by atoms with E-state index in [4.69, 9.17) is 17.7 Å². The maximum absolute atomic E-state index is 12.5. The van der Waals surface area contributed by atoms with Crippen molar-refractivity contribution in [1.29, 1.82) is 0 Å². The maximum Gasteiger partial charge on any atom is 0.146 e. The number of unbranched alkanes of at least 4 members (excludes halogenated alkanes) is 19. The lowest BCUT2D eigenvalue weighted by molar-refractivity contribution is -0.185. The van der Waals surface area contributed by atoms with Gasteiger partial charge in [-0.15, -0.1) is 16.3 Å². The summed E-state index contributed by atoms with van der Waals surface area (Å²) < 4.78 is 17.2. The number of aliphatic hydroxyl groups is 1. The highest BCUT2D eigenvalue weighted by Gasteiger charge is 2.38. The molecule has 1 saturated heterocycles. The minimum atomic E-state index is -1.43. The molecule has 0 aromatic rings. The molecule has 0 aliphatic carbocycles. The van der Waals surface area contributed by atoms with Crippen molar-refractivity contribution in [2.75, 3.05) is 13.7 Å². The smallest absolute Gasteiger partial charge is 0.146 e. The molecule has 4 N–H and O–H groups in total. The first-order valence-electron chi connectivity index (χ1n) is 16.2. The van der Waals surface area contributed by atoms with E-state index in [-0.39, 0.29) is 0 Å². The van der Waals surface area contributed by atoms with Crippen LogP contribution in [0.25, 0.3) is 0 Å². The Bertz CT molecular complexity index is 460. The van der Waals surface area contributed by atoms with Gasteiger partial charge in [0.15, 0.2) is 0 Å². The van der Waals surface area contributed by atoms with Gasteiger partial charge in [-0.25, -0.2) is 4.39 Å². The van der Waals surface area contributed by atoms with Gasteiger partial charge < -0.3 is 9.84 Å². The van der Waals surface area contributed by atoms with Gasteiger partial charge in [-0.1, -0.05) is 143 Å². The van der Waals surface area contributed by atoms with E-state index in [0.29, 0.717) is 6.54 Å². The van der Waals surface area contributed by atoms with Crippen LogP contribution in [-0.2, 0) is 9.57 Å². The Labute approximate surface area is 242 Å². The highest BCUT2D eigenvalue weighted by molar-refractivity contribution is 6.11. The van der Waals surface area contributed by atoms with Crippen LogP contribution in [0.15, 0.2) is 0 Å². The molecule has 2 radical (unpaired) electrons. The predicted molar refractivity (Wildman–Crippen MR) is 162 cm³/mol. The molecule has 0 saturated carbocycles. The average molecular weight is 562 g/mol. The van der Waals surface area contributed by atoms with Gasteiger partial charge in [0.05, 0.1) is 19.2 Å². The molecular formula is C30H65BFN3O4. The fourth-order valence-electron chi connectivity index (χ4n) is 4.53. The van der Waals surface area contributed by atoms with Crippen LogP contribution in [0.1, 0.15) is 156 Å². The van der Waals surface area contributed by atoms with Crippen LogP contribution in [0, 0.1) is 0 Å². The first kappa shape index (κ1) is 40.9. The Morgan fingerprint density at radius 2 is 1.13 bits per heavy atom. The van der Waals surface area contributed by atoms with Crippen molar-refractivity contribution in [3.8, 4) is 0 Å². The third kappa shape index (κ3) is 27.6. The molecule has 1 fully saturated rings. The summed E-state index contributed by atoms with van der Waals surface area (Å²) in [6.07, 6.45) is 24.7. The van der Waals surface area contributed by atoms with Gasteiger partial charge in [0.2, 0.25) is 0 Å². The molecule has 9 heteroatoms. The Morgan fingerprint density at radius 1 is 0.769 bits per heavy atom. The van der Waals surface area contributed by atoms with Crippen molar-refractivity contribution in [2.45, 2.75) is 180 Å². The average Bonchev–Trinajstić information content (AvgIpc) is 3.17. The monoisotopic (exact) mass is 562 g/mol. The second-order valence-electron chi connectivity index (χ2n) is 10.5. The van der Waals surface area contributed by atoms with Crippen LogP contribution in [0.3, 0.4) is 0 Å². The fraction of sp³-hybridized carbons (Fsp3) is 1.00. The minimum absolute atomic E-state index is 0.477. The third-order valence-electron chi connectivity index (χ3n) is 6.99. The Morgan fingerprint density at radius 3 is 1.38 bits per heavy atom. The molecule has 39 heavy (non-hydrogen) atoms. The molecule has 0 bridgehead atoms. The summed E-state index contributed by atoms with van der Waals surface area (Å²) in [7, 11) is 6.60. The molecule has 1 rings (SSSR count). The van der Waals surface area contributed by atoms with Crippen molar-refractivity contribution >= 4 is 7.85 Å². The van der Waals surface area contributed by atoms with E-state index in [1.165, 1.54) is 129 Å². The van der Waals surface area contributed by atoms with E-state index < -0.39 is 24.4 Å². The van der Waals surface area contributed by atoms with Crippen LogP contribution in [0.2, 0.25) is 0 Å². The lowest BCUT2D eigenvalue weighted by Crippen LogP contribution is -2.44. The Hall–Kier alpha value is -0.285. The number of nitrogens with zero attached hydrogens (tertiary/aromatic N) is 1. The lowest BCUT2D eigenvalue weighted by atomic mass is 9.94. The molecule has 1 heterocycles. The first-order chi connectivity index (χ1) is 18.9. The van der Waals surface area contributed by atoms with Gasteiger partial charge in [0, 0.05) is 6.54 Å². The second-order valence-corrected chi connectivity index (χ2v) is 10.5. The zero-order valence-electron chi connectivity index (χ0n) is 26.3. The largest absolute Gasteiger partial charge is 0.387 e. The quantitative estimate of drug-likeness (QED) is 0.0546. The van der Waals surface area contributed by atoms with Crippen molar-refractivity contribution < 1.29 is 24.3 Å². The van der Waals surface area contributed by atoms with E-state index in [2.05, 4.69) is 22.9 Å². The number of alkyl halides is 1. The van der Waals surface area contributed by atoms with Crippen LogP contribution in [0.4, 0.5) is 4.39 Å². The molecule has 0 spiro atoms. The minimum Gasteiger partial charge on any atom is -0.387 e. The Kier molecular flexibility index (Phi) is 33.8. The second kappa shape index (κ2) is 32.2. The first-order valence-corrected chi connectivity index (χ1v) is 16.2. The zero-order chi connectivity index (χ0) is 29.6. The number of hydrazine groups is 2. The van der Waals surface area contributed by atoms with E-state index in [0.717, 1.165) is 11.6 Å². The summed E-state index contributed by atoms with van der Waals surface area (Å²) in [6.45, 7) is 8.48. The number of ether oxygens (including phenoxy) is 1. The van der Waals surface area contributed by atoms with Gasteiger partial charge >= 0.3 is 0 Å². The van der Waals surface area contributed by atoms with Gasteiger partial charge in [-0.05, 0) is 13.3 Å². The molecular weight excluding hydrogens is 496 g/mol. The Balaban J connectivity index is 0. The number of hydroxylamine groups is 1. The van der Waals surface area contributed by atoms with E-state index >= 15 is 0 Å². The summed E-state index contributed by atoms with van der Waals surface area (Å²) >= 11 is 0. The highest BCUT2D eigenvalue weighted by Crippen LogP contribution is 2.21. The predicted octanol–water partition coefficient (Wildman–Crippen LogP) is 7.70. The highest BCUT2D eigenvalue weighted by atomic mass is 19.1. The summed E-state index contributed by atoms with van der Waals surface area (Å²) in [5.74, 6) is 0.